The van der Waals surface area contributed by atoms with Crippen LogP contribution in [0.25, 0.3) is 16.3 Å². The van der Waals surface area contributed by atoms with Crippen LogP contribution in [0.4, 0.5) is 0 Å². The van der Waals surface area contributed by atoms with Gasteiger partial charge < -0.3 is 29.7 Å². The van der Waals surface area contributed by atoms with Gasteiger partial charge in [-0.3, -0.25) is 4.79 Å². The average molecular weight is 415 g/mol. The van der Waals surface area contributed by atoms with Crippen LogP contribution in [0.2, 0.25) is 0 Å². The lowest BCUT2D eigenvalue weighted by molar-refractivity contribution is -0.130. The Morgan fingerprint density at radius 3 is 2.27 bits per heavy atom. The molecule has 0 bridgehead atoms. The predicted molar refractivity (Wildman–Crippen MR) is 114 cm³/mol. The molecular formula is C23H29NO6. The van der Waals surface area contributed by atoms with E-state index < -0.39 is 0 Å². The fourth-order valence-electron chi connectivity index (χ4n) is 3.93. The average Bonchev–Trinajstić information content (AvgIpc) is 2.74. The zero-order valence-corrected chi connectivity index (χ0v) is 17.5. The number of ether oxygens (including phenoxy) is 2. The van der Waals surface area contributed by atoms with Crippen molar-refractivity contribution in [2.24, 2.45) is 0 Å². The number of carbonyl (C=O) groups excluding carboxylic acids is 1. The van der Waals surface area contributed by atoms with E-state index in [1.54, 1.807) is 4.90 Å². The molecule has 0 spiro atoms. The number of aliphatic hydroxyl groups excluding tert-OH is 3. The first-order valence-electron chi connectivity index (χ1n) is 10.3. The van der Waals surface area contributed by atoms with Crippen molar-refractivity contribution in [1.82, 2.24) is 4.90 Å². The normalized spacial score (nSPS) is 14.2. The van der Waals surface area contributed by atoms with E-state index in [2.05, 4.69) is 0 Å². The second-order valence-electron chi connectivity index (χ2n) is 7.06. The van der Waals surface area contributed by atoms with Crippen LogP contribution < -0.4 is 9.47 Å². The molecule has 0 saturated carbocycles. The van der Waals surface area contributed by atoms with Crippen LogP contribution in [0, 0.1) is 0 Å². The summed E-state index contributed by atoms with van der Waals surface area (Å²) in [5, 5.41) is 30.9. The Bertz CT molecular complexity index is 953. The van der Waals surface area contributed by atoms with Crippen molar-refractivity contribution in [1.29, 1.82) is 0 Å². The number of β-amino-alcohol motifs (C(OH)–C–C–N with tert-alkyl or cyclic N) is 1. The zero-order chi connectivity index (χ0) is 21.7. The van der Waals surface area contributed by atoms with Crippen LogP contribution in [0.1, 0.15) is 37.0 Å². The molecule has 7 heteroatoms. The van der Waals surface area contributed by atoms with E-state index in [1.807, 2.05) is 38.1 Å². The summed E-state index contributed by atoms with van der Waals surface area (Å²) < 4.78 is 11.5. The zero-order valence-electron chi connectivity index (χ0n) is 17.5. The number of benzene rings is 2. The van der Waals surface area contributed by atoms with Crippen molar-refractivity contribution < 1.29 is 29.6 Å². The second kappa shape index (κ2) is 9.93. The third-order valence-corrected chi connectivity index (χ3v) is 5.28. The van der Waals surface area contributed by atoms with Crippen LogP contribution in [0.3, 0.4) is 0 Å². The molecule has 0 unspecified atom stereocenters. The minimum absolute atomic E-state index is 0.0797. The third kappa shape index (κ3) is 4.28. The smallest absolute Gasteiger partial charge is 0.227 e. The Hall–Kier alpha value is -2.61. The fourth-order valence-corrected chi connectivity index (χ4v) is 3.93. The lowest BCUT2D eigenvalue weighted by atomic mass is 9.87. The Labute approximate surface area is 176 Å². The summed E-state index contributed by atoms with van der Waals surface area (Å²) in [5.41, 5.74) is 2.76. The first-order chi connectivity index (χ1) is 14.6. The summed E-state index contributed by atoms with van der Waals surface area (Å²) in [7, 11) is 0. The highest BCUT2D eigenvalue weighted by Gasteiger charge is 2.25. The number of nitrogens with zero attached hydrogens (tertiary/aromatic N) is 1. The number of hydrogen-bond acceptors (Lipinski definition) is 6. The first kappa shape index (κ1) is 22.1. The van der Waals surface area contributed by atoms with Gasteiger partial charge in [-0.25, -0.2) is 0 Å². The predicted octanol–water partition coefficient (Wildman–Crippen LogP) is 2.23. The van der Waals surface area contributed by atoms with Crippen LogP contribution in [-0.2, 0) is 18.0 Å². The Morgan fingerprint density at radius 2 is 1.70 bits per heavy atom. The minimum atomic E-state index is -0.260. The number of amides is 1. The molecule has 1 aliphatic rings. The molecule has 2 aromatic carbocycles. The van der Waals surface area contributed by atoms with E-state index in [1.165, 1.54) is 0 Å². The third-order valence-electron chi connectivity index (χ3n) is 5.28. The lowest BCUT2D eigenvalue weighted by Crippen LogP contribution is -2.36. The SMILES string of the molecule is CCOc1cc2cc(CO)c(CO)c(C3=CCN(CCO)C(=O)C3)c2cc1OCC. The summed E-state index contributed by atoms with van der Waals surface area (Å²) >= 11 is 0. The molecule has 3 N–H and O–H groups in total. The summed E-state index contributed by atoms with van der Waals surface area (Å²) in [6.45, 7) is 4.86. The molecular weight excluding hydrogens is 386 g/mol. The highest BCUT2D eigenvalue weighted by atomic mass is 16.5. The van der Waals surface area contributed by atoms with E-state index in [4.69, 9.17) is 14.6 Å². The summed E-state index contributed by atoms with van der Waals surface area (Å²) in [4.78, 5) is 14.2. The highest BCUT2D eigenvalue weighted by Crippen LogP contribution is 2.40. The van der Waals surface area contributed by atoms with E-state index in [0.29, 0.717) is 48.9 Å². The molecule has 1 amide bonds. The molecule has 0 aromatic heterocycles. The van der Waals surface area contributed by atoms with Crippen molar-refractivity contribution in [3.8, 4) is 11.5 Å². The second-order valence-corrected chi connectivity index (χ2v) is 7.06. The van der Waals surface area contributed by atoms with Crippen LogP contribution in [0.5, 0.6) is 11.5 Å². The van der Waals surface area contributed by atoms with Gasteiger partial charge in [0, 0.05) is 13.1 Å². The number of aliphatic hydroxyl groups is 3. The van der Waals surface area contributed by atoms with Crippen LogP contribution in [-0.4, -0.2) is 59.0 Å². The van der Waals surface area contributed by atoms with Gasteiger partial charge in [-0.2, -0.15) is 0 Å². The van der Waals surface area contributed by atoms with E-state index >= 15 is 0 Å². The van der Waals surface area contributed by atoms with Crippen molar-refractivity contribution in [3.63, 3.8) is 0 Å². The molecule has 0 fully saturated rings. The van der Waals surface area contributed by atoms with Crippen molar-refractivity contribution >= 4 is 22.3 Å². The van der Waals surface area contributed by atoms with Gasteiger partial charge >= 0.3 is 0 Å². The maximum atomic E-state index is 12.6. The fraction of sp³-hybridized carbons (Fsp3) is 0.435. The largest absolute Gasteiger partial charge is 0.490 e. The van der Waals surface area contributed by atoms with Crippen LogP contribution >= 0.6 is 0 Å². The summed E-state index contributed by atoms with van der Waals surface area (Å²) in [6, 6.07) is 5.59. The highest BCUT2D eigenvalue weighted by molar-refractivity contribution is 6.02. The van der Waals surface area contributed by atoms with Gasteiger partial charge in [-0.05, 0) is 65.1 Å². The molecule has 30 heavy (non-hydrogen) atoms. The maximum Gasteiger partial charge on any atom is 0.227 e. The quantitative estimate of drug-likeness (QED) is 0.581. The maximum absolute atomic E-state index is 12.6. The molecule has 1 heterocycles. The molecule has 0 radical (unpaired) electrons. The van der Waals surface area contributed by atoms with Crippen molar-refractivity contribution in [2.45, 2.75) is 33.5 Å². The lowest BCUT2D eigenvalue weighted by Gasteiger charge is -2.28. The van der Waals surface area contributed by atoms with E-state index in [9.17, 15) is 15.0 Å². The Morgan fingerprint density at radius 1 is 1.00 bits per heavy atom. The molecule has 1 aliphatic heterocycles. The molecule has 3 rings (SSSR count). The molecule has 0 aliphatic carbocycles. The Balaban J connectivity index is 2.24. The summed E-state index contributed by atoms with van der Waals surface area (Å²) in [6.07, 6.45) is 2.11. The van der Waals surface area contributed by atoms with Gasteiger partial charge in [0.2, 0.25) is 5.91 Å². The van der Waals surface area contributed by atoms with Gasteiger partial charge in [0.15, 0.2) is 11.5 Å². The number of rotatable bonds is 9. The minimum Gasteiger partial charge on any atom is -0.490 e. The number of carbonyl (C=O) groups is 1. The first-order valence-corrected chi connectivity index (χ1v) is 10.3. The topological polar surface area (TPSA) is 99.5 Å². The number of fused-ring (bicyclic) bond motifs is 1. The molecule has 7 nitrogen and oxygen atoms in total. The molecule has 0 saturated heterocycles. The number of hydrogen-bond donors (Lipinski definition) is 3. The Kier molecular flexibility index (Phi) is 7.31. The van der Waals surface area contributed by atoms with Crippen LogP contribution in [0.15, 0.2) is 24.3 Å². The molecule has 2 aromatic rings. The molecule has 0 atom stereocenters. The van der Waals surface area contributed by atoms with Gasteiger partial charge in [0.1, 0.15) is 0 Å². The van der Waals surface area contributed by atoms with E-state index in [0.717, 1.165) is 21.9 Å². The monoisotopic (exact) mass is 415 g/mol. The van der Waals surface area contributed by atoms with E-state index in [-0.39, 0.29) is 32.1 Å². The molecule has 162 valence electrons. The van der Waals surface area contributed by atoms with Gasteiger partial charge in [0.25, 0.3) is 0 Å². The van der Waals surface area contributed by atoms with Crippen molar-refractivity contribution in [3.05, 3.63) is 41.0 Å². The van der Waals surface area contributed by atoms with Crippen molar-refractivity contribution in [2.75, 3.05) is 32.9 Å². The standard InChI is InChI=1S/C23H29NO6/c1-3-29-20-10-16-9-17(13-26)19(14-27)23(18(16)12-21(20)30-4-2)15-5-6-24(7-8-25)22(28)11-15/h5,9-10,12,25-27H,3-4,6-8,11,13-14H2,1-2H3. The van der Waals surface area contributed by atoms with Gasteiger partial charge in [0.05, 0.1) is 39.5 Å². The van der Waals surface area contributed by atoms with Gasteiger partial charge in [-0.1, -0.05) is 6.08 Å². The van der Waals surface area contributed by atoms with Gasteiger partial charge in [-0.15, -0.1) is 0 Å². The summed E-state index contributed by atoms with van der Waals surface area (Å²) in [5.74, 6) is 1.13.